The Morgan fingerprint density at radius 2 is 1.92 bits per heavy atom. The molecule has 2 aromatic carbocycles. The molecular weight excluding hydrogens is 654 g/mol. The number of likely N-dealkylation sites (N-methyl/N-ethyl adjacent to an activating group) is 1. The van der Waals surface area contributed by atoms with Gasteiger partial charge in [-0.25, -0.2) is 14.8 Å². The molecule has 13 heteroatoms. The SMILES string of the molecule is COc1ccccc1C[C@@H](Oc1ncnc2sc(-c3ccc(C#N)o3)c(-c3ccc(OCCN4CCN(C)CC4)c(Cl)c3C)c12)C(=O)O. The third-order valence-corrected chi connectivity index (χ3v) is 9.98. The zero-order chi connectivity index (χ0) is 33.8. The molecule has 0 amide bonds. The van der Waals surface area contributed by atoms with Crippen molar-refractivity contribution < 1.29 is 28.5 Å². The molecule has 6 rings (SSSR count). The van der Waals surface area contributed by atoms with Gasteiger partial charge in [-0.05, 0) is 54.9 Å². The molecule has 1 fully saturated rings. The summed E-state index contributed by atoms with van der Waals surface area (Å²) in [7, 11) is 3.66. The number of benzene rings is 2. The number of halogens is 1. The number of thiophene rings is 1. The topological polar surface area (TPSA) is 134 Å². The number of aromatic nitrogens is 2. The third-order valence-electron chi connectivity index (χ3n) is 8.40. The van der Waals surface area contributed by atoms with Crippen molar-refractivity contribution in [1.29, 1.82) is 5.26 Å². The number of nitrogens with zero attached hydrogens (tertiary/aromatic N) is 5. The maximum absolute atomic E-state index is 12.5. The van der Waals surface area contributed by atoms with Crippen LogP contribution in [0.5, 0.6) is 17.4 Å². The normalized spacial score (nSPS) is 14.5. The smallest absolute Gasteiger partial charge is 0.345 e. The summed E-state index contributed by atoms with van der Waals surface area (Å²) in [5, 5.41) is 20.6. The van der Waals surface area contributed by atoms with Crippen molar-refractivity contribution in [3.63, 3.8) is 0 Å². The molecule has 0 spiro atoms. The summed E-state index contributed by atoms with van der Waals surface area (Å²) in [4.78, 5) is 27.3. The predicted octanol–water partition coefficient (Wildman–Crippen LogP) is 6.16. The number of aliphatic carboxylic acids is 1. The molecule has 1 aliphatic heterocycles. The van der Waals surface area contributed by atoms with Crippen molar-refractivity contribution in [2.45, 2.75) is 19.4 Å². The van der Waals surface area contributed by atoms with E-state index >= 15 is 0 Å². The first-order chi connectivity index (χ1) is 23.3. The summed E-state index contributed by atoms with van der Waals surface area (Å²) in [6.07, 6.45) is 0.0838. The van der Waals surface area contributed by atoms with Gasteiger partial charge >= 0.3 is 5.97 Å². The van der Waals surface area contributed by atoms with Crippen LogP contribution in [0.25, 0.3) is 32.0 Å². The van der Waals surface area contributed by atoms with Gasteiger partial charge in [-0.1, -0.05) is 35.9 Å². The first-order valence-corrected chi connectivity index (χ1v) is 16.6. The van der Waals surface area contributed by atoms with Crippen molar-refractivity contribution in [3.05, 3.63) is 76.8 Å². The number of carboxylic acid groups (broad SMARTS) is 1. The zero-order valence-electron chi connectivity index (χ0n) is 26.7. The molecule has 0 saturated carbocycles. The number of nitriles is 1. The number of furan rings is 1. The summed E-state index contributed by atoms with van der Waals surface area (Å²) in [5.41, 5.74) is 2.79. The summed E-state index contributed by atoms with van der Waals surface area (Å²) in [6.45, 7) is 7.23. The highest BCUT2D eigenvalue weighted by Gasteiger charge is 2.29. The van der Waals surface area contributed by atoms with Gasteiger partial charge in [0.1, 0.15) is 41.1 Å². The number of ether oxygens (including phenoxy) is 3. The van der Waals surface area contributed by atoms with Gasteiger partial charge in [0, 0.05) is 44.7 Å². The molecule has 0 aliphatic carbocycles. The largest absolute Gasteiger partial charge is 0.496 e. The van der Waals surface area contributed by atoms with Crippen molar-refractivity contribution >= 4 is 39.1 Å². The Hall–Kier alpha value is -4.67. The molecule has 11 nitrogen and oxygen atoms in total. The van der Waals surface area contributed by atoms with Gasteiger partial charge in [0.05, 0.1) is 22.4 Å². The third kappa shape index (κ3) is 6.95. The van der Waals surface area contributed by atoms with Gasteiger partial charge in [-0.2, -0.15) is 5.26 Å². The lowest BCUT2D eigenvalue weighted by Gasteiger charge is -2.32. The number of rotatable bonds is 12. The van der Waals surface area contributed by atoms with Crippen LogP contribution in [-0.2, 0) is 11.2 Å². The van der Waals surface area contributed by atoms with Gasteiger partial charge in [0.25, 0.3) is 0 Å². The molecule has 1 N–H and O–H groups in total. The second kappa shape index (κ2) is 14.6. The van der Waals surface area contributed by atoms with E-state index in [-0.39, 0.29) is 18.1 Å². The average molecular weight is 688 g/mol. The summed E-state index contributed by atoms with van der Waals surface area (Å²) in [5.74, 6) is 0.649. The van der Waals surface area contributed by atoms with Crippen LogP contribution in [-0.4, -0.2) is 90.4 Å². The van der Waals surface area contributed by atoms with Crippen molar-refractivity contribution in [2.24, 2.45) is 0 Å². The minimum atomic E-state index is -1.29. The number of hydrogen-bond acceptors (Lipinski definition) is 11. The molecule has 1 atom stereocenters. The molecule has 0 unspecified atom stereocenters. The van der Waals surface area contributed by atoms with Crippen LogP contribution in [0, 0.1) is 18.3 Å². The number of carboxylic acids is 1. The van der Waals surface area contributed by atoms with Crippen LogP contribution in [0.1, 0.15) is 16.9 Å². The minimum Gasteiger partial charge on any atom is -0.496 e. The molecular formula is C35H34ClN5O6S. The van der Waals surface area contributed by atoms with E-state index < -0.39 is 12.1 Å². The van der Waals surface area contributed by atoms with Gasteiger partial charge in [0.2, 0.25) is 17.7 Å². The first kappa shape index (κ1) is 33.2. The predicted molar refractivity (Wildman–Crippen MR) is 183 cm³/mol. The molecule has 0 bridgehead atoms. The van der Waals surface area contributed by atoms with E-state index in [1.165, 1.54) is 24.8 Å². The van der Waals surface area contributed by atoms with E-state index in [0.29, 0.717) is 55.1 Å². The maximum Gasteiger partial charge on any atom is 0.345 e. The number of para-hydroxylation sites is 1. The molecule has 0 radical (unpaired) electrons. The summed E-state index contributed by atoms with van der Waals surface area (Å²) < 4.78 is 23.7. The second-order valence-electron chi connectivity index (χ2n) is 11.4. The summed E-state index contributed by atoms with van der Waals surface area (Å²) >= 11 is 8.28. The lowest BCUT2D eigenvalue weighted by Crippen LogP contribution is -2.45. The highest BCUT2D eigenvalue weighted by atomic mass is 35.5. The van der Waals surface area contributed by atoms with Crippen LogP contribution in [0.3, 0.4) is 0 Å². The van der Waals surface area contributed by atoms with E-state index in [0.717, 1.165) is 43.9 Å². The fourth-order valence-corrected chi connectivity index (χ4v) is 7.06. The van der Waals surface area contributed by atoms with E-state index in [1.54, 1.807) is 24.3 Å². The molecule has 3 aromatic heterocycles. The number of carbonyl (C=O) groups is 1. The maximum atomic E-state index is 12.5. The van der Waals surface area contributed by atoms with Crippen molar-refractivity contribution in [1.82, 2.24) is 19.8 Å². The van der Waals surface area contributed by atoms with Gasteiger partial charge in [-0.15, -0.1) is 11.3 Å². The van der Waals surface area contributed by atoms with E-state index in [2.05, 4.69) is 26.8 Å². The Kier molecular flexibility index (Phi) is 10.1. The van der Waals surface area contributed by atoms with Crippen LogP contribution >= 0.6 is 22.9 Å². The molecule has 5 aromatic rings. The van der Waals surface area contributed by atoms with Crippen LogP contribution in [0.4, 0.5) is 0 Å². The van der Waals surface area contributed by atoms with Crippen molar-refractivity contribution in [3.8, 4) is 45.2 Å². The van der Waals surface area contributed by atoms with E-state index in [9.17, 15) is 15.2 Å². The number of methoxy groups -OCH3 is 1. The Bertz CT molecular complexity index is 1980. The highest BCUT2D eigenvalue weighted by Crippen LogP contribution is 2.49. The van der Waals surface area contributed by atoms with Crippen molar-refractivity contribution in [2.75, 3.05) is 53.5 Å². The Morgan fingerprint density at radius 3 is 2.65 bits per heavy atom. The van der Waals surface area contributed by atoms with Crippen LogP contribution in [0.2, 0.25) is 5.02 Å². The fraction of sp³-hybridized carbons (Fsp3) is 0.314. The standard InChI is InChI=1S/C35H34ClN5O6S/c1-21-24(9-11-26(31(21)36)45-17-16-41-14-12-40(2)13-15-41)29-30-33(47-28(35(42)43)18-22-6-4-5-7-25(22)44-3)38-20-39-34(30)48-32(29)27-10-8-23(19-37)46-27/h4-11,20,28H,12-18H2,1-3H3,(H,42,43)/t28-/m1/s1. The van der Waals surface area contributed by atoms with E-state index in [1.807, 2.05) is 37.3 Å². The van der Waals surface area contributed by atoms with Crippen LogP contribution < -0.4 is 14.2 Å². The average Bonchev–Trinajstić information content (AvgIpc) is 3.73. The lowest BCUT2D eigenvalue weighted by molar-refractivity contribution is -0.145. The van der Waals surface area contributed by atoms with E-state index in [4.69, 9.17) is 30.2 Å². The number of fused-ring (bicyclic) bond motifs is 1. The van der Waals surface area contributed by atoms with Gasteiger partial charge < -0.3 is 28.6 Å². The lowest BCUT2D eigenvalue weighted by atomic mass is 9.97. The molecule has 248 valence electrons. The fourth-order valence-electron chi connectivity index (χ4n) is 5.73. The van der Waals surface area contributed by atoms with Gasteiger partial charge in [0.15, 0.2) is 0 Å². The quantitative estimate of drug-likeness (QED) is 0.162. The Labute approximate surface area is 286 Å². The number of hydrogen-bond donors (Lipinski definition) is 1. The summed E-state index contributed by atoms with van der Waals surface area (Å²) in [6, 6.07) is 16.3. The highest BCUT2D eigenvalue weighted by molar-refractivity contribution is 7.22. The first-order valence-electron chi connectivity index (χ1n) is 15.4. The minimum absolute atomic E-state index is 0.0336. The second-order valence-corrected chi connectivity index (χ2v) is 12.8. The molecule has 48 heavy (non-hydrogen) atoms. The monoisotopic (exact) mass is 687 g/mol. The number of piperazine rings is 1. The molecule has 4 heterocycles. The van der Waals surface area contributed by atoms with Crippen LogP contribution in [0.15, 0.2) is 59.3 Å². The zero-order valence-corrected chi connectivity index (χ0v) is 28.3. The molecule has 1 saturated heterocycles. The Balaban J connectivity index is 1.39. The van der Waals surface area contributed by atoms with Gasteiger partial charge in [-0.3, -0.25) is 4.90 Å². The molecule has 1 aliphatic rings. The Morgan fingerprint density at radius 1 is 1.12 bits per heavy atom.